The van der Waals surface area contributed by atoms with Crippen LogP contribution in [0, 0.1) is 5.82 Å². The Hall–Kier alpha value is -5.33. The number of benzene rings is 2. The van der Waals surface area contributed by atoms with Crippen molar-refractivity contribution < 1.29 is 23.1 Å². The predicted octanol–water partition coefficient (Wildman–Crippen LogP) is 4.70. The molecule has 46 heavy (non-hydrogen) atoms. The number of pyridine rings is 2. The van der Waals surface area contributed by atoms with Crippen molar-refractivity contribution >= 4 is 50.5 Å². The molecule has 0 aliphatic carbocycles. The molecule has 2 aromatic carbocycles. The lowest BCUT2D eigenvalue weighted by atomic mass is 10.0. The fourth-order valence-electron chi connectivity index (χ4n) is 5.63. The van der Waals surface area contributed by atoms with Crippen molar-refractivity contribution in [3.63, 3.8) is 0 Å². The van der Waals surface area contributed by atoms with Gasteiger partial charge in [-0.15, -0.1) is 0 Å². The summed E-state index contributed by atoms with van der Waals surface area (Å²) in [5.41, 5.74) is 1.93. The second-order valence-corrected chi connectivity index (χ2v) is 11.5. The number of rotatable bonds is 10. The lowest BCUT2D eigenvalue weighted by Crippen LogP contribution is -2.27. The molecule has 0 aliphatic rings. The Labute approximate surface area is 263 Å². The summed E-state index contributed by atoms with van der Waals surface area (Å²) in [6.45, 7) is 0.755. The van der Waals surface area contributed by atoms with E-state index in [1.54, 1.807) is 41.8 Å². The molecule has 0 saturated heterocycles. The summed E-state index contributed by atoms with van der Waals surface area (Å²) >= 11 is 0. The van der Waals surface area contributed by atoms with Gasteiger partial charge in [0.25, 0.3) is 5.56 Å². The number of H-pyrrole nitrogens is 1. The molecule has 0 atom stereocenters. The molecule has 2 N–H and O–H groups in total. The van der Waals surface area contributed by atoms with Gasteiger partial charge in [-0.1, -0.05) is 18.2 Å². The van der Waals surface area contributed by atoms with Crippen molar-refractivity contribution in [2.24, 2.45) is 0 Å². The zero-order valence-electron chi connectivity index (χ0n) is 25.9. The molecule has 0 saturated carbocycles. The number of carbonyl (C=O) groups is 2. The van der Waals surface area contributed by atoms with E-state index in [1.165, 1.54) is 24.6 Å². The molecule has 12 heteroatoms. The molecule has 0 unspecified atom stereocenters. The van der Waals surface area contributed by atoms with Crippen LogP contribution < -0.4 is 10.9 Å². The summed E-state index contributed by atoms with van der Waals surface area (Å²) in [4.78, 5) is 51.0. The topological polar surface area (TPSA) is 126 Å². The van der Waals surface area contributed by atoms with Crippen LogP contribution in [0.4, 0.5) is 10.2 Å². The maximum atomic E-state index is 15.6. The number of halogens is 1. The Balaban J connectivity index is 1.63. The second-order valence-electron chi connectivity index (χ2n) is 11.5. The molecule has 0 radical (unpaired) electrons. The van der Waals surface area contributed by atoms with Crippen LogP contribution in [0.2, 0.25) is 0 Å². The Bertz CT molecular complexity index is 2160. The largest absolute Gasteiger partial charge is 0.463 e. The molecule has 6 aromatic rings. The van der Waals surface area contributed by atoms with Gasteiger partial charge in [0, 0.05) is 30.2 Å². The van der Waals surface area contributed by atoms with E-state index in [0.717, 1.165) is 5.39 Å². The predicted molar refractivity (Wildman–Crippen MR) is 175 cm³/mol. The van der Waals surface area contributed by atoms with Gasteiger partial charge in [0.15, 0.2) is 0 Å². The average molecular weight is 625 g/mol. The molecular formula is C34H33FN6O5. The summed E-state index contributed by atoms with van der Waals surface area (Å²) in [5, 5.41) is 4.23. The molecule has 4 heterocycles. The standard InChI is InChI=1S/C34H33FN6O5/c1-39(2)13-15-46-34(44)31-29(23-9-7-12-36-33(23)43)30-26(17-24(35)22-11-14-45-32(22)30)41(31)18-20-16-27(38-28(42)19-40(3)4)37-25-10-6-5-8-21(20)25/h5-12,14,16-17H,13,15,18-19H2,1-4H3,(H,36,43)(H,37,38,42). The Morgan fingerprint density at radius 1 is 1.04 bits per heavy atom. The van der Waals surface area contributed by atoms with Gasteiger partial charge in [-0.3, -0.25) is 9.59 Å². The van der Waals surface area contributed by atoms with Gasteiger partial charge in [-0.05, 0) is 70.2 Å². The number of anilines is 1. The number of aromatic amines is 1. The third-order valence-electron chi connectivity index (χ3n) is 7.63. The molecule has 11 nitrogen and oxygen atoms in total. The highest BCUT2D eigenvalue weighted by atomic mass is 19.1. The molecular weight excluding hydrogens is 591 g/mol. The van der Waals surface area contributed by atoms with E-state index >= 15 is 4.39 Å². The highest BCUT2D eigenvalue weighted by molar-refractivity contribution is 6.17. The number of nitrogens with zero attached hydrogens (tertiary/aromatic N) is 4. The number of hydrogen-bond donors (Lipinski definition) is 2. The van der Waals surface area contributed by atoms with Crippen LogP contribution in [0.1, 0.15) is 16.1 Å². The number of nitrogens with one attached hydrogen (secondary N) is 2. The first-order chi connectivity index (χ1) is 22.1. The zero-order valence-corrected chi connectivity index (χ0v) is 25.9. The Morgan fingerprint density at radius 2 is 1.85 bits per heavy atom. The van der Waals surface area contributed by atoms with Crippen molar-refractivity contribution in [2.45, 2.75) is 6.54 Å². The first kappa shape index (κ1) is 30.7. The van der Waals surface area contributed by atoms with E-state index < -0.39 is 17.3 Å². The minimum absolute atomic E-state index is 0.0462. The third kappa shape index (κ3) is 5.87. The van der Waals surface area contributed by atoms with Gasteiger partial charge in [-0.2, -0.15) is 0 Å². The summed E-state index contributed by atoms with van der Waals surface area (Å²) in [5.74, 6) is -1.16. The number of aromatic nitrogens is 3. The summed E-state index contributed by atoms with van der Waals surface area (Å²) in [7, 11) is 7.30. The number of carbonyl (C=O) groups excluding carboxylic acids is 2. The van der Waals surface area contributed by atoms with Crippen LogP contribution in [0.3, 0.4) is 0 Å². The second kappa shape index (κ2) is 12.6. The van der Waals surface area contributed by atoms with Crippen LogP contribution >= 0.6 is 0 Å². The van der Waals surface area contributed by atoms with E-state index in [-0.39, 0.29) is 53.4 Å². The van der Waals surface area contributed by atoms with E-state index in [0.29, 0.717) is 34.3 Å². The number of amides is 1. The maximum Gasteiger partial charge on any atom is 0.355 e. The number of furan rings is 1. The van der Waals surface area contributed by atoms with Crippen LogP contribution in [-0.4, -0.2) is 84.1 Å². The third-order valence-corrected chi connectivity index (χ3v) is 7.63. The van der Waals surface area contributed by atoms with Crippen LogP contribution in [0.5, 0.6) is 0 Å². The zero-order chi connectivity index (χ0) is 32.5. The van der Waals surface area contributed by atoms with E-state index in [1.807, 2.05) is 43.3 Å². The minimum Gasteiger partial charge on any atom is -0.463 e. The van der Waals surface area contributed by atoms with Crippen molar-refractivity contribution in [3.05, 3.63) is 94.5 Å². The van der Waals surface area contributed by atoms with Gasteiger partial charge >= 0.3 is 5.97 Å². The fraction of sp³-hybridized carbons (Fsp3) is 0.235. The molecule has 0 bridgehead atoms. The SMILES string of the molecule is CN(C)CCOC(=O)c1c(-c2ccc[nH]c2=O)c2c3occc3c(F)cc2n1Cc1cc(NC(=O)CN(C)C)nc2ccccc12. The van der Waals surface area contributed by atoms with Crippen LogP contribution in [-0.2, 0) is 16.1 Å². The van der Waals surface area contributed by atoms with Crippen molar-refractivity contribution in [1.82, 2.24) is 24.3 Å². The average Bonchev–Trinajstić information content (AvgIpc) is 3.61. The number of para-hydroxylation sites is 1. The lowest BCUT2D eigenvalue weighted by Gasteiger charge is -2.16. The van der Waals surface area contributed by atoms with Gasteiger partial charge in [-0.25, -0.2) is 14.2 Å². The number of hydrogen-bond acceptors (Lipinski definition) is 8. The van der Waals surface area contributed by atoms with E-state index in [2.05, 4.69) is 15.3 Å². The van der Waals surface area contributed by atoms with Gasteiger partial charge < -0.3 is 33.8 Å². The van der Waals surface area contributed by atoms with Crippen LogP contribution in [0.15, 0.2) is 76.3 Å². The molecule has 0 spiro atoms. The monoisotopic (exact) mass is 624 g/mol. The number of fused-ring (bicyclic) bond motifs is 4. The molecule has 236 valence electrons. The van der Waals surface area contributed by atoms with Crippen molar-refractivity contribution in [2.75, 3.05) is 53.2 Å². The molecule has 4 aromatic heterocycles. The Morgan fingerprint density at radius 3 is 2.61 bits per heavy atom. The first-order valence-corrected chi connectivity index (χ1v) is 14.7. The molecule has 0 fully saturated rings. The quantitative estimate of drug-likeness (QED) is 0.210. The van der Waals surface area contributed by atoms with Gasteiger partial charge in [0.05, 0.1) is 40.2 Å². The van der Waals surface area contributed by atoms with E-state index in [4.69, 9.17) is 9.15 Å². The lowest BCUT2D eigenvalue weighted by molar-refractivity contribution is -0.116. The number of ether oxygens (including phenoxy) is 1. The summed E-state index contributed by atoms with van der Waals surface area (Å²) < 4.78 is 28.8. The molecule has 6 rings (SSSR count). The smallest absolute Gasteiger partial charge is 0.355 e. The minimum atomic E-state index is -0.686. The van der Waals surface area contributed by atoms with Gasteiger partial charge in [0.2, 0.25) is 5.91 Å². The molecule has 0 aliphatic heterocycles. The normalized spacial score (nSPS) is 11.7. The van der Waals surface area contributed by atoms with Crippen molar-refractivity contribution in [3.8, 4) is 11.1 Å². The summed E-state index contributed by atoms with van der Waals surface area (Å²) in [6, 6.07) is 15.3. The fourth-order valence-corrected chi connectivity index (χ4v) is 5.63. The van der Waals surface area contributed by atoms with Crippen molar-refractivity contribution in [1.29, 1.82) is 0 Å². The van der Waals surface area contributed by atoms with Gasteiger partial charge in [0.1, 0.15) is 29.5 Å². The highest BCUT2D eigenvalue weighted by Gasteiger charge is 2.30. The van der Waals surface area contributed by atoms with Crippen LogP contribution in [0.25, 0.3) is 43.9 Å². The summed E-state index contributed by atoms with van der Waals surface area (Å²) in [6.07, 6.45) is 2.87. The number of likely N-dealkylation sites (N-methyl/N-ethyl adjacent to an activating group) is 2. The Kier molecular flexibility index (Phi) is 8.39. The van der Waals surface area contributed by atoms with E-state index in [9.17, 15) is 14.4 Å². The molecule has 1 amide bonds. The highest BCUT2D eigenvalue weighted by Crippen LogP contribution is 2.41. The number of esters is 1. The first-order valence-electron chi connectivity index (χ1n) is 14.7. The maximum absolute atomic E-state index is 15.6.